The maximum Gasteiger partial charge on any atom is 0.255 e. The normalized spacial score (nSPS) is 11.8. The van der Waals surface area contributed by atoms with Crippen molar-refractivity contribution in [1.29, 1.82) is 0 Å². The van der Waals surface area contributed by atoms with Crippen molar-refractivity contribution in [1.82, 2.24) is 5.32 Å². The number of thiocarbonyl (C=S) groups is 1. The van der Waals surface area contributed by atoms with Gasteiger partial charge in [0.2, 0.25) is 0 Å². The second-order valence-corrected chi connectivity index (χ2v) is 4.27. The minimum atomic E-state index is -0.484. The zero-order chi connectivity index (χ0) is 13.0. The van der Waals surface area contributed by atoms with Crippen molar-refractivity contribution < 1.29 is 15.0 Å². The van der Waals surface area contributed by atoms with E-state index in [0.717, 1.165) is 0 Å². The van der Waals surface area contributed by atoms with Gasteiger partial charge in [0.15, 0.2) is 0 Å². The molecule has 6 heteroatoms. The number of rotatable bonds is 4. The third-order valence-corrected chi connectivity index (χ3v) is 2.28. The van der Waals surface area contributed by atoms with Gasteiger partial charge >= 0.3 is 0 Å². The van der Waals surface area contributed by atoms with E-state index >= 15 is 0 Å². The molecular formula is C11H14N2O3S. The first-order chi connectivity index (χ1) is 7.90. The Morgan fingerprint density at radius 3 is 2.76 bits per heavy atom. The summed E-state index contributed by atoms with van der Waals surface area (Å²) in [6.07, 6.45) is 0.376. The topological polar surface area (TPSA) is 95.6 Å². The number of carbonyl (C=O) groups excluding carboxylic acids is 1. The Hall–Kier alpha value is -1.82. The third kappa shape index (κ3) is 3.92. The molecular weight excluding hydrogens is 240 g/mol. The lowest BCUT2D eigenvalue weighted by molar-refractivity contribution is 0.0938. The van der Waals surface area contributed by atoms with Crippen molar-refractivity contribution in [3.63, 3.8) is 0 Å². The van der Waals surface area contributed by atoms with E-state index in [0.29, 0.717) is 11.4 Å². The van der Waals surface area contributed by atoms with Gasteiger partial charge in [-0.1, -0.05) is 12.2 Å². The molecule has 0 fully saturated rings. The van der Waals surface area contributed by atoms with Crippen LogP contribution in [0.2, 0.25) is 0 Å². The second-order valence-electron chi connectivity index (χ2n) is 3.75. The lowest BCUT2D eigenvalue weighted by Crippen LogP contribution is -2.35. The van der Waals surface area contributed by atoms with Crippen LogP contribution < -0.4 is 11.1 Å². The van der Waals surface area contributed by atoms with Crippen molar-refractivity contribution in [2.75, 3.05) is 0 Å². The van der Waals surface area contributed by atoms with Gasteiger partial charge in [-0.25, -0.2) is 0 Å². The van der Waals surface area contributed by atoms with E-state index in [1.807, 2.05) is 0 Å². The summed E-state index contributed by atoms with van der Waals surface area (Å²) in [6, 6.07) is 3.51. The lowest BCUT2D eigenvalue weighted by atomic mass is 10.1. The van der Waals surface area contributed by atoms with Crippen LogP contribution in [0, 0.1) is 0 Å². The van der Waals surface area contributed by atoms with Crippen molar-refractivity contribution in [3.8, 4) is 11.5 Å². The maximum atomic E-state index is 11.7. The molecule has 0 aromatic heterocycles. The van der Waals surface area contributed by atoms with Crippen LogP contribution in [0.3, 0.4) is 0 Å². The Kier molecular flexibility index (Phi) is 4.28. The quantitative estimate of drug-likeness (QED) is 0.473. The van der Waals surface area contributed by atoms with E-state index in [-0.39, 0.29) is 23.1 Å². The highest BCUT2D eigenvalue weighted by atomic mass is 32.1. The summed E-state index contributed by atoms with van der Waals surface area (Å²) in [5, 5.41) is 21.3. The molecule has 0 aliphatic heterocycles. The lowest BCUT2D eigenvalue weighted by Gasteiger charge is -2.13. The smallest absolute Gasteiger partial charge is 0.255 e. The van der Waals surface area contributed by atoms with Gasteiger partial charge in [0.1, 0.15) is 11.5 Å². The molecule has 1 aromatic rings. The number of nitrogens with two attached hydrogens (primary N) is 1. The second kappa shape index (κ2) is 5.49. The first-order valence-electron chi connectivity index (χ1n) is 5.01. The van der Waals surface area contributed by atoms with Crippen LogP contribution in [0.25, 0.3) is 0 Å². The fourth-order valence-electron chi connectivity index (χ4n) is 1.36. The van der Waals surface area contributed by atoms with Gasteiger partial charge in [0.25, 0.3) is 5.91 Å². The largest absolute Gasteiger partial charge is 0.508 e. The van der Waals surface area contributed by atoms with Crippen LogP contribution in [0.5, 0.6) is 11.5 Å². The van der Waals surface area contributed by atoms with E-state index in [4.69, 9.17) is 18.0 Å². The molecule has 0 saturated carbocycles. The fraction of sp³-hybridized carbons (Fsp3) is 0.273. The van der Waals surface area contributed by atoms with Crippen molar-refractivity contribution in [3.05, 3.63) is 23.8 Å². The fourth-order valence-corrected chi connectivity index (χ4v) is 1.61. The van der Waals surface area contributed by atoms with Gasteiger partial charge in [0, 0.05) is 12.5 Å². The first-order valence-corrected chi connectivity index (χ1v) is 5.42. The van der Waals surface area contributed by atoms with Gasteiger partial charge in [-0.15, -0.1) is 0 Å². The molecule has 0 aliphatic carbocycles. The van der Waals surface area contributed by atoms with Crippen LogP contribution in [0.15, 0.2) is 18.2 Å². The van der Waals surface area contributed by atoms with Crippen LogP contribution in [-0.2, 0) is 0 Å². The molecule has 0 heterocycles. The number of phenolic OH excluding ortho intramolecular Hbond substituents is 2. The molecule has 0 spiro atoms. The molecule has 1 amide bonds. The number of hydrogen-bond donors (Lipinski definition) is 4. The van der Waals surface area contributed by atoms with Gasteiger partial charge in [-0.3, -0.25) is 4.79 Å². The summed E-state index contributed by atoms with van der Waals surface area (Å²) in [4.78, 5) is 12.0. The summed E-state index contributed by atoms with van der Waals surface area (Å²) in [6.45, 7) is 1.75. The van der Waals surface area contributed by atoms with Gasteiger partial charge in [-0.2, -0.15) is 0 Å². The molecule has 1 rings (SSSR count). The molecule has 0 saturated heterocycles. The van der Waals surface area contributed by atoms with E-state index in [2.05, 4.69) is 5.32 Å². The minimum absolute atomic E-state index is 0.0137. The predicted octanol–water partition coefficient (Wildman–Crippen LogP) is 0.892. The monoisotopic (exact) mass is 254 g/mol. The predicted molar refractivity (Wildman–Crippen MR) is 68.1 cm³/mol. The van der Waals surface area contributed by atoms with Crippen LogP contribution in [0.1, 0.15) is 23.7 Å². The Labute approximate surface area is 104 Å². The minimum Gasteiger partial charge on any atom is -0.508 e. The van der Waals surface area contributed by atoms with Crippen molar-refractivity contribution >= 4 is 23.1 Å². The van der Waals surface area contributed by atoms with Gasteiger partial charge < -0.3 is 21.3 Å². The summed E-state index contributed by atoms with van der Waals surface area (Å²) in [7, 11) is 0. The number of carbonyl (C=O) groups is 1. The average Bonchev–Trinajstić information content (AvgIpc) is 2.20. The molecule has 1 unspecified atom stereocenters. The average molecular weight is 254 g/mol. The van der Waals surface area contributed by atoms with Gasteiger partial charge in [0.05, 0.1) is 10.6 Å². The Balaban J connectivity index is 2.76. The third-order valence-electron chi connectivity index (χ3n) is 2.11. The van der Waals surface area contributed by atoms with Crippen molar-refractivity contribution in [2.45, 2.75) is 19.4 Å². The highest BCUT2D eigenvalue weighted by Crippen LogP contribution is 2.21. The highest BCUT2D eigenvalue weighted by Gasteiger charge is 2.14. The number of hydrogen-bond acceptors (Lipinski definition) is 4. The standard InChI is InChI=1S/C11H14N2O3S/c1-6(4-10(12)17)13-11(16)8-5-7(14)2-3-9(8)15/h2-3,5-6,14-15H,4H2,1H3,(H2,12,17)(H,13,16). The number of nitrogens with one attached hydrogen (secondary N) is 1. The zero-order valence-corrected chi connectivity index (χ0v) is 10.1. The van der Waals surface area contributed by atoms with E-state index in [9.17, 15) is 15.0 Å². The van der Waals surface area contributed by atoms with E-state index in [1.165, 1.54) is 18.2 Å². The van der Waals surface area contributed by atoms with Crippen LogP contribution in [-0.4, -0.2) is 27.2 Å². The number of phenols is 2. The molecule has 92 valence electrons. The molecule has 5 N–H and O–H groups in total. The Bertz CT molecular complexity index is 448. The summed E-state index contributed by atoms with van der Waals surface area (Å²) >= 11 is 4.72. The molecule has 1 aromatic carbocycles. The number of benzene rings is 1. The van der Waals surface area contributed by atoms with Crippen LogP contribution >= 0.6 is 12.2 Å². The van der Waals surface area contributed by atoms with E-state index in [1.54, 1.807) is 6.92 Å². The van der Waals surface area contributed by atoms with Gasteiger partial charge in [-0.05, 0) is 25.1 Å². The SMILES string of the molecule is CC(CC(N)=S)NC(=O)c1cc(O)ccc1O. The molecule has 5 nitrogen and oxygen atoms in total. The molecule has 0 bridgehead atoms. The number of amides is 1. The molecule has 0 radical (unpaired) electrons. The maximum absolute atomic E-state index is 11.7. The van der Waals surface area contributed by atoms with E-state index < -0.39 is 5.91 Å². The molecule has 17 heavy (non-hydrogen) atoms. The first kappa shape index (κ1) is 13.2. The Morgan fingerprint density at radius 1 is 1.53 bits per heavy atom. The summed E-state index contributed by atoms with van der Waals surface area (Å²) < 4.78 is 0. The summed E-state index contributed by atoms with van der Waals surface area (Å²) in [5.74, 6) is -0.764. The van der Waals surface area contributed by atoms with Crippen molar-refractivity contribution in [2.24, 2.45) is 5.73 Å². The number of aromatic hydroxyl groups is 2. The zero-order valence-electron chi connectivity index (χ0n) is 9.30. The van der Waals surface area contributed by atoms with Crippen LogP contribution in [0.4, 0.5) is 0 Å². The Morgan fingerprint density at radius 2 is 2.18 bits per heavy atom. The summed E-state index contributed by atoms with van der Waals surface area (Å²) in [5.41, 5.74) is 5.37. The molecule has 1 atom stereocenters. The highest BCUT2D eigenvalue weighted by molar-refractivity contribution is 7.80. The molecule has 0 aliphatic rings.